The Hall–Kier alpha value is -2.48. The average molecular weight is 417 g/mol. The van der Waals surface area contributed by atoms with Crippen LogP contribution in [-0.2, 0) is 11.2 Å². The standard InChI is InChI=1S/C21H25FN4O2S/c1-25(19(27)14-15-8-10-16(22)11-9-15)26(17-6-4-3-5-7-17)20(28)18-12-13-23-21(24-18)29-2/h8-13,17H,3-7,14H2,1-2H3. The Bertz CT molecular complexity index is 856. The lowest BCUT2D eigenvalue weighted by Crippen LogP contribution is -2.54. The van der Waals surface area contributed by atoms with E-state index in [9.17, 15) is 14.0 Å². The van der Waals surface area contributed by atoms with E-state index < -0.39 is 0 Å². The lowest BCUT2D eigenvalue weighted by atomic mass is 9.94. The fourth-order valence-corrected chi connectivity index (χ4v) is 3.92. The summed E-state index contributed by atoms with van der Waals surface area (Å²) in [5.41, 5.74) is 0.974. The second kappa shape index (κ2) is 9.82. The maximum atomic E-state index is 13.3. The number of thioether (sulfide) groups is 1. The molecule has 1 aromatic carbocycles. The summed E-state index contributed by atoms with van der Waals surface area (Å²) in [7, 11) is 1.62. The first-order chi connectivity index (χ1) is 14.0. The Kier molecular flexibility index (Phi) is 7.19. The summed E-state index contributed by atoms with van der Waals surface area (Å²) in [6.07, 6.45) is 8.37. The van der Waals surface area contributed by atoms with Gasteiger partial charge < -0.3 is 0 Å². The Morgan fingerprint density at radius 2 is 1.83 bits per heavy atom. The quantitative estimate of drug-likeness (QED) is 0.422. The Morgan fingerprint density at radius 1 is 1.14 bits per heavy atom. The Morgan fingerprint density at radius 3 is 2.48 bits per heavy atom. The number of rotatable bonds is 5. The third-order valence-electron chi connectivity index (χ3n) is 5.12. The van der Waals surface area contributed by atoms with Crippen LogP contribution in [0.2, 0.25) is 0 Å². The van der Waals surface area contributed by atoms with Gasteiger partial charge in [-0.1, -0.05) is 43.2 Å². The first kappa shape index (κ1) is 21.2. The molecule has 6 nitrogen and oxygen atoms in total. The van der Waals surface area contributed by atoms with Gasteiger partial charge in [-0.2, -0.15) is 0 Å². The van der Waals surface area contributed by atoms with E-state index in [4.69, 9.17) is 0 Å². The van der Waals surface area contributed by atoms with Gasteiger partial charge in [-0.15, -0.1) is 0 Å². The minimum absolute atomic E-state index is 0.0499. The van der Waals surface area contributed by atoms with E-state index in [0.717, 1.165) is 32.1 Å². The third-order valence-corrected chi connectivity index (χ3v) is 5.68. The molecule has 0 radical (unpaired) electrons. The highest BCUT2D eigenvalue weighted by Crippen LogP contribution is 2.25. The predicted molar refractivity (Wildman–Crippen MR) is 110 cm³/mol. The molecule has 3 rings (SSSR count). The van der Waals surface area contributed by atoms with Crippen LogP contribution in [0.4, 0.5) is 4.39 Å². The van der Waals surface area contributed by atoms with Crippen molar-refractivity contribution in [3.8, 4) is 0 Å². The summed E-state index contributed by atoms with van der Waals surface area (Å²) in [6, 6.07) is 7.36. The number of hydrazine groups is 1. The number of halogens is 1. The predicted octanol–water partition coefficient (Wildman–Crippen LogP) is 3.73. The molecule has 0 atom stereocenters. The van der Waals surface area contributed by atoms with Gasteiger partial charge in [-0.05, 0) is 42.9 Å². The first-order valence-corrected chi connectivity index (χ1v) is 10.9. The molecule has 29 heavy (non-hydrogen) atoms. The summed E-state index contributed by atoms with van der Waals surface area (Å²) >= 11 is 1.36. The van der Waals surface area contributed by atoms with Crippen LogP contribution < -0.4 is 0 Å². The second-order valence-corrected chi connectivity index (χ2v) is 7.86. The van der Waals surface area contributed by atoms with Crippen LogP contribution in [0.3, 0.4) is 0 Å². The number of amides is 2. The summed E-state index contributed by atoms with van der Waals surface area (Å²) in [6.45, 7) is 0. The van der Waals surface area contributed by atoms with Gasteiger partial charge in [0.2, 0.25) is 5.91 Å². The van der Waals surface area contributed by atoms with Crippen molar-refractivity contribution in [1.29, 1.82) is 0 Å². The largest absolute Gasteiger partial charge is 0.291 e. The summed E-state index contributed by atoms with van der Waals surface area (Å²) in [5.74, 6) is -0.874. The van der Waals surface area contributed by atoms with Crippen LogP contribution in [0.15, 0.2) is 41.7 Å². The average Bonchev–Trinajstić information content (AvgIpc) is 2.76. The van der Waals surface area contributed by atoms with Gasteiger partial charge in [0, 0.05) is 13.2 Å². The SMILES string of the molecule is CSc1nccc(C(=O)N(C2CCCCC2)N(C)C(=O)Cc2ccc(F)cc2)n1. The van der Waals surface area contributed by atoms with Crippen LogP contribution in [0.1, 0.15) is 48.2 Å². The van der Waals surface area contributed by atoms with Crippen molar-refractivity contribution in [3.05, 3.63) is 53.6 Å². The number of nitrogens with zero attached hydrogens (tertiary/aromatic N) is 4. The maximum absolute atomic E-state index is 13.3. The summed E-state index contributed by atoms with van der Waals surface area (Å²) in [4.78, 5) is 34.7. The molecule has 1 aromatic heterocycles. The molecule has 8 heteroatoms. The van der Waals surface area contributed by atoms with Crippen LogP contribution in [0.25, 0.3) is 0 Å². The van der Waals surface area contributed by atoms with Crippen molar-refractivity contribution in [2.45, 2.75) is 49.7 Å². The molecule has 0 saturated heterocycles. The number of hydrogen-bond acceptors (Lipinski definition) is 5. The number of likely N-dealkylation sites (N-methyl/N-ethyl adjacent to an activating group) is 1. The third kappa shape index (κ3) is 5.32. The number of hydrogen-bond donors (Lipinski definition) is 0. The van der Waals surface area contributed by atoms with E-state index in [2.05, 4.69) is 9.97 Å². The van der Waals surface area contributed by atoms with Gasteiger partial charge in [-0.3, -0.25) is 14.6 Å². The highest BCUT2D eigenvalue weighted by Gasteiger charge is 2.32. The van der Waals surface area contributed by atoms with E-state index in [-0.39, 0.29) is 35.8 Å². The molecule has 0 aliphatic heterocycles. The first-order valence-electron chi connectivity index (χ1n) is 9.71. The van der Waals surface area contributed by atoms with Crippen LogP contribution in [0, 0.1) is 5.82 Å². The zero-order valence-corrected chi connectivity index (χ0v) is 17.5. The Balaban J connectivity index is 1.84. The van der Waals surface area contributed by atoms with Gasteiger partial charge in [-0.25, -0.2) is 19.4 Å². The van der Waals surface area contributed by atoms with E-state index in [0.29, 0.717) is 10.7 Å². The molecular formula is C21H25FN4O2S. The maximum Gasteiger partial charge on any atom is 0.291 e. The highest BCUT2D eigenvalue weighted by molar-refractivity contribution is 7.98. The van der Waals surface area contributed by atoms with Crippen molar-refractivity contribution in [2.24, 2.45) is 0 Å². The lowest BCUT2D eigenvalue weighted by Gasteiger charge is -2.39. The number of aromatic nitrogens is 2. The Labute approximate surface area is 174 Å². The van der Waals surface area contributed by atoms with Crippen molar-refractivity contribution in [2.75, 3.05) is 13.3 Å². The highest BCUT2D eigenvalue weighted by atomic mass is 32.2. The number of carbonyl (C=O) groups excluding carboxylic acids is 2. The molecule has 1 aliphatic carbocycles. The molecule has 1 heterocycles. The molecule has 1 fully saturated rings. The molecule has 1 aliphatic rings. The minimum Gasteiger partial charge on any atom is -0.273 e. The van der Waals surface area contributed by atoms with Crippen molar-refractivity contribution < 1.29 is 14.0 Å². The molecule has 1 saturated carbocycles. The smallest absolute Gasteiger partial charge is 0.273 e. The minimum atomic E-state index is -0.345. The number of carbonyl (C=O) groups is 2. The van der Waals surface area contributed by atoms with Crippen LogP contribution in [0.5, 0.6) is 0 Å². The zero-order chi connectivity index (χ0) is 20.8. The lowest BCUT2D eigenvalue weighted by molar-refractivity contribution is -0.145. The fourth-order valence-electron chi connectivity index (χ4n) is 3.56. The molecule has 0 N–H and O–H groups in total. The summed E-state index contributed by atoms with van der Waals surface area (Å²) in [5, 5.41) is 3.47. The molecule has 2 amide bonds. The van der Waals surface area contributed by atoms with Gasteiger partial charge >= 0.3 is 0 Å². The second-order valence-electron chi connectivity index (χ2n) is 7.09. The molecule has 0 spiro atoms. The van der Waals surface area contributed by atoms with Crippen molar-refractivity contribution in [1.82, 2.24) is 20.0 Å². The van der Waals surface area contributed by atoms with E-state index >= 15 is 0 Å². The normalized spacial score (nSPS) is 14.4. The van der Waals surface area contributed by atoms with Crippen LogP contribution >= 0.6 is 11.8 Å². The van der Waals surface area contributed by atoms with Crippen LogP contribution in [-0.4, -0.2) is 51.1 Å². The van der Waals surface area contributed by atoms with E-state index in [1.54, 1.807) is 36.5 Å². The molecular weight excluding hydrogens is 391 g/mol. The topological polar surface area (TPSA) is 66.4 Å². The molecule has 0 unspecified atom stereocenters. The summed E-state index contributed by atoms with van der Waals surface area (Å²) < 4.78 is 13.1. The van der Waals surface area contributed by atoms with Gasteiger partial charge in [0.1, 0.15) is 11.5 Å². The molecule has 154 valence electrons. The monoisotopic (exact) mass is 416 g/mol. The van der Waals surface area contributed by atoms with E-state index in [1.165, 1.54) is 28.9 Å². The number of benzene rings is 1. The van der Waals surface area contributed by atoms with Crippen molar-refractivity contribution in [3.63, 3.8) is 0 Å². The van der Waals surface area contributed by atoms with Gasteiger partial charge in [0.15, 0.2) is 5.16 Å². The van der Waals surface area contributed by atoms with Gasteiger partial charge in [0.25, 0.3) is 5.91 Å². The molecule has 0 bridgehead atoms. The molecule has 2 aromatic rings. The van der Waals surface area contributed by atoms with Gasteiger partial charge in [0.05, 0.1) is 12.5 Å². The fraction of sp³-hybridized carbons (Fsp3) is 0.429. The zero-order valence-electron chi connectivity index (χ0n) is 16.7. The van der Waals surface area contributed by atoms with E-state index in [1.807, 2.05) is 6.26 Å². The van der Waals surface area contributed by atoms with Crippen molar-refractivity contribution >= 4 is 23.6 Å².